The van der Waals surface area contributed by atoms with E-state index in [9.17, 15) is 4.79 Å². The van der Waals surface area contributed by atoms with E-state index in [1.54, 1.807) is 32.2 Å². The standard InChI is InChI=1S/C14H20Cl2N2O3/c1-10(14(19)18-4-3-17-5-6-20-2)21-13-8-11(15)7-12(16)9-13/h7-10,17H,3-6H2,1-2H3,(H,18,19). The molecule has 0 bridgehead atoms. The molecule has 5 nitrogen and oxygen atoms in total. The second-order valence-electron chi connectivity index (χ2n) is 4.40. The molecule has 0 aliphatic rings. The Labute approximate surface area is 134 Å². The number of carbonyl (C=O) groups excluding carboxylic acids is 1. The largest absolute Gasteiger partial charge is 0.481 e. The van der Waals surface area contributed by atoms with Crippen LogP contribution in [0.25, 0.3) is 0 Å². The number of halogens is 2. The molecule has 0 spiro atoms. The molecule has 2 N–H and O–H groups in total. The molecule has 1 amide bonds. The summed E-state index contributed by atoms with van der Waals surface area (Å²) in [4.78, 5) is 11.9. The minimum absolute atomic E-state index is 0.195. The van der Waals surface area contributed by atoms with Gasteiger partial charge in [0.25, 0.3) is 5.91 Å². The normalized spacial score (nSPS) is 12.0. The molecular weight excluding hydrogens is 315 g/mol. The maximum atomic E-state index is 11.9. The molecular formula is C14H20Cl2N2O3. The van der Waals surface area contributed by atoms with Crippen LogP contribution in [0.3, 0.4) is 0 Å². The Balaban J connectivity index is 2.30. The van der Waals surface area contributed by atoms with Crippen LogP contribution in [-0.2, 0) is 9.53 Å². The van der Waals surface area contributed by atoms with Crippen molar-refractivity contribution in [3.63, 3.8) is 0 Å². The highest BCUT2D eigenvalue weighted by Gasteiger charge is 2.14. The van der Waals surface area contributed by atoms with E-state index in [-0.39, 0.29) is 5.91 Å². The Kier molecular flexibility index (Phi) is 8.45. The molecule has 0 aromatic heterocycles. The van der Waals surface area contributed by atoms with E-state index in [1.165, 1.54) is 0 Å². The molecule has 0 fully saturated rings. The van der Waals surface area contributed by atoms with Crippen molar-refractivity contribution in [1.29, 1.82) is 0 Å². The fourth-order valence-electron chi connectivity index (χ4n) is 1.57. The first-order valence-electron chi connectivity index (χ1n) is 6.63. The molecule has 1 rings (SSSR count). The molecule has 1 unspecified atom stereocenters. The predicted octanol–water partition coefficient (Wildman–Crippen LogP) is 2.11. The van der Waals surface area contributed by atoms with E-state index < -0.39 is 6.10 Å². The number of ether oxygens (including phenoxy) is 2. The molecule has 7 heteroatoms. The lowest BCUT2D eigenvalue weighted by molar-refractivity contribution is -0.127. The Bertz CT molecular complexity index is 438. The summed E-state index contributed by atoms with van der Waals surface area (Å²) in [6, 6.07) is 4.83. The molecule has 1 aromatic carbocycles. The number of benzene rings is 1. The Morgan fingerprint density at radius 3 is 2.48 bits per heavy atom. The average Bonchev–Trinajstić information content (AvgIpc) is 2.41. The van der Waals surface area contributed by atoms with Gasteiger partial charge in [0, 0.05) is 36.8 Å². The third-order valence-electron chi connectivity index (χ3n) is 2.60. The highest BCUT2D eigenvalue weighted by Crippen LogP contribution is 2.24. The molecule has 0 aliphatic carbocycles. The van der Waals surface area contributed by atoms with E-state index in [0.717, 1.165) is 6.54 Å². The lowest BCUT2D eigenvalue weighted by Gasteiger charge is -2.15. The maximum Gasteiger partial charge on any atom is 0.260 e. The summed E-state index contributed by atoms with van der Waals surface area (Å²) in [5, 5.41) is 6.84. The van der Waals surface area contributed by atoms with Crippen LogP contribution in [0.4, 0.5) is 0 Å². The highest BCUT2D eigenvalue weighted by atomic mass is 35.5. The minimum Gasteiger partial charge on any atom is -0.481 e. The zero-order valence-corrected chi connectivity index (χ0v) is 13.6. The van der Waals surface area contributed by atoms with E-state index in [2.05, 4.69) is 10.6 Å². The molecule has 0 saturated carbocycles. The number of hydrogen-bond acceptors (Lipinski definition) is 4. The smallest absolute Gasteiger partial charge is 0.260 e. The number of methoxy groups -OCH3 is 1. The van der Waals surface area contributed by atoms with Gasteiger partial charge < -0.3 is 20.1 Å². The number of rotatable bonds is 9. The first-order valence-corrected chi connectivity index (χ1v) is 7.38. The van der Waals surface area contributed by atoms with E-state index in [1.807, 2.05) is 0 Å². The Morgan fingerprint density at radius 2 is 1.86 bits per heavy atom. The second-order valence-corrected chi connectivity index (χ2v) is 5.27. The molecule has 0 saturated heterocycles. The van der Waals surface area contributed by atoms with Crippen LogP contribution in [0.15, 0.2) is 18.2 Å². The van der Waals surface area contributed by atoms with Crippen molar-refractivity contribution in [2.24, 2.45) is 0 Å². The van der Waals surface area contributed by atoms with Gasteiger partial charge in [0.2, 0.25) is 0 Å². The summed E-state index contributed by atoms with van der Waals surface area (Å²) in [7, 11) is 1.64. The predicted molar refractivity (Wildman–Crippen MR) is 84.3 cm³/mol. The summed E-state index contributed by atoms with van der Waals surface area (Å²) < 4.78 is 10.4. The van der Waals surface area contributed by atoms with Gasteiger partial charge >= 0.3 is 0 Å². The monoisotopic (exact) mass is 334 g/mol. The number of hydrogen-bond donors (Lipinski definition) is 2. The van der Waals surface area contributed by atoms with Crippen molar-refractivity contribution in [3.05, 3.63) is 28.2 Å². The summed E-state index contributed by atoms with van der Waals surface area (Å²) >= 11 is 11.7. The van der Waals surface area contributed by atoms with E-state index >= 15 is 0 Å². The van der Waals surface area contributed by atoms with Crippen LogP contribution in [-0.4, -0.2) is 45.4 Å². The summed E-state index contributed by atoms with van der Waals surface area (Å²) in [6.07, 6.45) is -0.626. The van der Waals surface area contributed by atoms with Crippen LogP contribution in [0.5, 0.6) is 5.75 Å². The summed E-state index contributed by atoms with van der Waals surface area (Å²) in [5.74, 6) is 0.271. The SMILES string of the molecule is COCCNCCNC(=O)C(C)Oc1cc(Cl)cc(Cl)c1. The topological polar surface area (TPSA) is 59.6 Å². The zero-order valence-electron chi connectivity index (χ0n) is 12.1. The van der Waals surface area contributed by atoms with E-state index in [0.29, 0.717) is 35.5 Å². The van der Waals surface area contributed by atoms with Gasteiger partial charge in [-0.2, -0.15) is 0 Å². The Morgan fingerprint density at radius 1 is 1.19 bits per heavy atom. The van der Waals surface area contributed by atoms with Crippen molar-refractivity contribution in [1.82, 2.24) is 10.6 Å². The van der Waals surface area contributed by atoms with Crippen LogP contribution < -0.4 is 15.4 Å². The van der Waals surface area contributed by atoms with Gasteiger partial charge in [-0.15, -0.1) is 0 Å². The quantitative estimate of drug-likeness (QED) is 0.679. The van der Waals surface area contributed by atoms with Crippen LogP contribution in [0.1, 0.15) is 6.92 Å². The van der Waals surface area contributed by atoms with Gasteiger partial charge in [-0.3, -0.25) is 4.79 Å². The molecule has 1 atom stereocenters. The van der Waals surface area contributed by atoms with Crippen molar-refractivity contribution < 1.29 is 14.3 Å². The first kappa shape index (κ1) is 18.0. The number of carbonyl (C=O) groups is 1. The first-order chi connectivity index (χ1) is 10.0. The third kappa shape index (κ3) is 7.52. The van der Waals surface area contributed by atoms with Crippen LogP contribution >= 0.6 is 23.2 Å². The zero-order chi connectivity index (χ0) is 15.7. The van der Waals surface area contributed by atoms with Crippen molar-refractivity contribution >= 4 is 29.1 Å². The van der Waals surface area contributed by atoms with Crippen molar-refractivity contribution in [2.45, 2.75) is 13.0 Å². The molecule has 0 heterocycles. The molecule has 21 heavy (non-hydrogen) atoms. The number of amides is 1. The summed E-state index contributed by atoms with van der Waals surface area (Å²) in [5.41, 5.74) is 0. The van der Waals surface area contributed by atoms with Crippen LogP contribution in [0.2, 0.25) is 10.0 Å². The third-order valence-corrected chi connectivity index (χ3v) is 3.04. The lowest BCUT2D eigenvalue weighted by atomic mass is 10.3. The molecule has 1 aromatic rings. The Hall–Kier alpha value is -1.01. The van der Waals surface area contributed by atoms with Gasteiger partial charge in [-0.25, -0.2) is 0 Å². The summed E-state index contributed by atoms with van der Waals surface area (Å²) in [6.45, 7) is 4.25. The van der Waals surface area contributed by atoms with Gasteiger partial charge in [-0.05, 0) is 25.1 Å². The van der Waals surface area contributed by atoms with Crippen molar-refractivity contribution in [3.8, 4) is 5.75 Å². The fraction of sp³-hybridized carbons (Fsp3) is 0.500. The van der Waals surface area contributed by atoms with Gasteiger partial charge in [0.05, 0.1) is 6.61 Å². The van der Waals surface area contributed by atoms with Gasteiger partial charge in [0.1, 0.15) is 5.75 Å². The van der Waals surface area contributed by atoms with Crippen molar-refractivity contribution in [2.75, 3.05) is 33.4 Å². The van der Waals surface area contributed by atoms with E-state index in [4.69, 9.17) is 32.7 Å². The maximum absolute atomic E-state index is 11.9. The fourth-order valence-corrected chi connectivity index (χ4v) is 2.08. The lowest BCUT2D eigenvalue weighted by Crippen LogP contribution is -2.40. The average molecular weight is 335 g/mol. The number of nitrogens with one attached hydrogen (secondary N) is 2. The highest BCUT2D eigenvalue weighted by molar-refractivity contribution is 6.34. The molecule has 0 radical (unpaired) electrons. The van der Waals surface area contributed by atoms with Gasteiger partial charge in [0.15, 0.2) is 6.10 Å². The van der Waals surface area contributed by atoms with Gasteiger partial charge in [-0.1, -0.05) is 23.2 Å². The molecule has 0 aliphatic heterocycles. The minimum atomic E-state index is -0.626. The second kappa shape index (κ2) is 9.84. The molecule has 118 valence electrons. The van der Waals surface area contributed by atoms with Crippen LogP contribution in [0, 0.1) is 0 Å².